The highest BCUT2D eigenvalue weighted by molar-refractivity contribution is 6.33. The molecule has 0 aliphatic carbocycles. The quantitative estimate of drug-likeness (QED) is 0.504. The van der Waals surface area contributed by atoms with E-state index in [2.05, 4.69) is 4.98 Å². The van der Waals surface area contributed by atoms with E-state index in [4.69, 9.17) is 22.1 Å². The third-order valence-electron chi connectivity index (χ3n) is 3.91. The molecule has 2 N–H and O–H groups in total. The van der Waals surface area contributed by atoms with E-state index in [1.807, 2.05) is 6.07 Å². The lowest BCUT2D eigenvalue weighted by Gasteiger charge is -2.11. The maximum absolute atomic E-state index is 14.6. The van der Waals surface area contributed by atoms with Crippen molar-refractivity contribution in [2.45, 2.75) is 6.61 Å². The Bertz CT molecular complexity index is 1060. The van der Waals surface area contributed by atoms with Crippen molar-refractivity contribution in [1.82, 2.24) is 4.98 Å². The first-order valence-electron chi connectivity index (χ1n) is 8.03. The third-order valence-corrected chi connectivity index (χ3v) is 4.24. The molecule has 0 saturated heterocycles. The van der Waals surface area contributed by atoms with Gasteiger partial charge in [0.15, 0.2) is 17.8 Å². The van der Waals surface area contributed by atoms with Crippen LogP contribution in [0.15, 0.2) is 48.5 Å². The summed E-state index contributed by atoms with van der Waals surface area (Å²) < 4.78 is 34.2. The van der Waals surface area contributed by atoms with Crippen LogP contribution in [-0.4, -0.2) is 17.2 Å². The van der Waals surface area contributed by atoms with Gasteiger partial charge in [-0.25, -0.2) is 18.6 Å². The van der Waals surface area contributed by atoms with Crippen LogP contribution >= 0.6 is 11.6 Å². The highest BCUT2D eigenvalue weighted by atomic mass is 35.5. The van der Waals surface area contributed by atoms with Crippen molar-refractivity contribution < 1.29 is 23.1 Å². The number of pyridine rings is 1. The number of aromatic nitrogens is 1. The van der Waals surface area contributed by atoms with Crippen LogP contribution in [0.1, 0.15) is 26.4 Å². The summed E-state index contributed by atoms with van der Waals surface area (Å²) in [4.78, 5) is 27.2. The van der Waals surface area contributed by atoms with Gasteiger partial charge in [-0.2, -0.15) is 0 Å². The molecule has 1 aromatic heterocycles. The molecule has 0 spiro atoms. The summed E-state index contributed by atoms with van der Waals surface area (Å²) in [5.41, 5.74) is 4.31. The Labute approximate surface area is 163 Å². The zero-order valence-corrected chi connectivity index (χ0v) is 15.0. The number of anilines is 1. The van der Waals surface area contributed by atoms with Gasteiger partial charge in [0.25, 0.3) is 0 Å². The molecule has 5 nitrogen and oxygen atoms in total. The number of ether oxygens (including phenoxy) is 1. The second kappa shape index (κ2) is 8.14. The number of hydrogen-bond donors (Lipinski definition) is 1. The van der Waals surface area contributed by atoms with Crippen LogP contribution in [0.4, 0.5) is 14.5 Å². The molecular formula is C20H13ClF2N2O3. The molecular weight excluding hydrogens is 390 g/mol. The Morgan fingerprint density at radius 3 is 2.54 bits per heavy atom. The number of benzene rings is 2. The van der Waals surface area contributed by atoms with E-state index in [1.54, 1.807) is 24.3 Å². The van der Waals surface area contributed by atoms with E-state index in [1.165, 1.54) is 6.07 Å². The molecule has 0 saturated carbocycles. The molecule has 0 fully saturated rings. The smallest absolute Gasteiger partial charge is 0.357 e. The second-order valence-corrected chi connectivity index (χ2v) is 6.17. The number of carbonyl (C=O) groups excluding carboxylic acids is 2. The van der Waals surface area contributed by atoms with Gasteiger partial charge in [0.2, 0.25) is 0 Å². The molecule has 3 rings (SSSR count). The molecule has 0 atom stereocenters. The van der Waals surface area contributed by atoms with Gasteiger partial charge in [0, 0.05) is 5.56 Å². The summed E-state index contributed by atoms with van der Waals surface area (Å²) in [6.45, 7) is -0.0292. The van der Waals surface area contributed by atoms with E-state index < -0.39 is 34.5 Å². The van der Waals surface area contributed by atoms with Crippen LogP contribution in [0.3, 0.4) is 0 Å². The van der Waals surface area contributed by atoms with Crippen LogP contribution in [0.25, 0.3) is 11.3 Å². The molecule has 0 aliphatic heterocycles. The number of hydrogen-bond acceptors (Lipinski definition) is 5. The molecule has 28 heavy (non-hydrogen) atoms. The van der Waals surface area contributed by atoms with Gasteiger partial charge >= 0.3 is 5.97 Å². The summed E-state index contributed by atoms with van der Waals surface area (Å²) in [5, 5.41) is -0.136. The van der Waals surface area contributed by atoms with Gasteiger partial charge in [0.1, 0.15) is 18.1 Å². The highest BCUT2D eigenvalue weighted by Crippen LogP contribution is 2.31. The normalized spacial score (nSPS) is 10.5. The topological polar surface area (TPSA) is 82.3 Å². The zero-order valence-electron chi connectivity index (χ0n) is 14.3. The Morgan fingerprint density at radius 1 is 1.14 bits per heavy atom. The summed E-state index contributed by atoms with van der Waals surface area (Å²) in [6.07, 6.45) is 0.209. The molecule has 0 aliphatic rings. The first-order valence-corrected chi connectivity index (χ1v) is 8.40. The van der Waals surface area contributed by atoms with Crippen molar-refractivity contribution in [3.05, 3.63) is 82.0 Å². The minimum absolute atomic E-state index is 0.0292. The Kier molecular flexibility index (Phi) is 5.65. The molecule has 1 heterocycles. The van der Waals surface area contributed by atoms with Crippen LogP contribution in [0.2, 0.25) is 5.02 Å². The minimum Gasteiger partial charge on any atom is -0.456 e. The first-order chi connectivity index (χ1) is 13.4. The number of nitrogen functional groups attached to an aromatic ring is 1. The molecule has 142 valence electrons. The van der Waals surface area contributed by atoms with Gasteiger partial charge < -0.3 is 10.5 Å². The Morgan fingerprint density at radius 2 is 1.86 bits per heavy atom. The van der Waals surface area contributed by atoms with E-state index in [0.29, 0.717) is 0 Å². The minimum atomic E-state index is -1.07. The zero-order chi connectivity index (χ0) is 20.3. The van der Waals surface area contributed by atoms with Crippen LogP contribution in [0.5, 0.6) is 0 Å². The van der Waals surface area contributed by atoms with Crippen molar-refractivity contribution in [2.24, 2.45) is 0 Å². The van der Waals surface area contributed by atoms with Crippen molar-refractivity contribution in [3.8, 4) is 11.3 Å². The number of halogens is 3. The van der Waals surface area contributed by atoms with E-state index in [0.717, 1.165) is 17.7 Å². The molecule has 8 heteroatoms. The predicted octanol–water partition coefficient (Wildman–Crippen LogP) is 4.43. The number of nitrogens with zero attached hydrogens (tertiary/aromatic N) is 1. The van der Waals surface area contributed by atoms with Gasteiger partial charge in [-0.15, -0.1) is 0 Å². The van der Waals surface area contributed by atoms with Crippen molar-refractivity contribution in [1.29, 1.82) is 0 Å². The van der Waals surface area contributed by atoms with Gasteiger partial charge in [-0.3, -0.25) is 4.79 Å². The number of rotatable bonds is 5. The number of carbonyl (C=O) groups is 2. The Hall–Kier alpha value is -3.32. The standard InChI is InChI=1S/C20H13ClF2N2O3/c21-14-7-6-12(17(22)13(14)9-26)19-18(23)15(24)8-16(25-19)20(27)28-10-11-4-2-1-3-5-11/h1-9H,10H2,(H2,24,25). The number of nitrogens with two attached hydrogens (primary N) is 1. The average Bonchev–Trinajstić information content (AvgIpc) is 2.70. The van der Waals surface area contributed by atoms with Gasteiger partial charge in [-0.1, -0.05) is 41.9 Å². The summed E-state index contributed by atoms with van der Waals surface area (Å²) in [6, 6.07) is 12.3. The van der Waals surface area contributed by atoms with Crippen molar-refractivity contribution >= 4 is 29.5 Å². The highest BCUT2D eigenvalue weighted by Gasteiger charge is 2.22. The third kappa shape index (κ3) is 3.84. The lowest BCUT2D eigenvalue weighted by Crippen LogP contribution is -2.11. The predicted molar refractivity (Wildman–Crippen MR) is 100.0 cm³/mol. The van der Waals surface area contributed by atoms with Gasteiger partial charge in [-0.05, 0) is 23.8 Å². The lowest BCUT2D eigenvalue weighted by atomic mass is 10.1. The molecule has 2 aromatic carbocycles. The van der Waals surface area contributed by atoms with Crippen LogP contribution in [-0.2, 0) is 11.3 Å². The Balaban J connectivity index is 1.97. The number of esters is 1. The fraction of sp³-hybridized carbons (Fsp3) is 0.0500. The maximum atomic E-state index is 14.6. The largest absolute Gasteiger partial charge is 0.456 e. The van der Waals surface area contributed by atoms with E-state index in [9.17, 15) is 18.4 Å². The summed E-state index contributed by atoms with van der Waals surface area (Å²) in [5.74, 6) is -2.96. The van der Waals surface area contributed by atoms with Crippen LogP contribution < -0.4 is 5.73 Å². The van der Waals surface area contributed by atoms with Crippen LogP contribution in [0, 0.1) is 11.6 Å². The van der Waals surface area contributed by atoms with Gasteiger partial charge in [0.05, 0.1) is 16.3 Å². The second-order valence-electron chi connectivity index (χ2n) is 5.76. The van der Waals surface area contributed by atoms with Crippen molar-refractivity contribution in [2.75, 3.05) is 5.73 Å². The lowest BCUT2D eigenvalue weighted by molar-refractivity contribution is 0.0465. The molecule has 0 radical (unpaired) electrons. The fourth-order valence-electron chi connectivity index (χ4n) is 2.49. The first kappa shape index (κ1) is 19.4. The van der Waals surface area contributed by atoms with E-state index >= 15 is 0 Å². The average molecular weight is 403 g/mol. The SMILES string of the molecule is Nc1cc(C(=O)OCc2ccccc2)nc(-c2ccc(Cl)c(C=O)c2F)c1F. The molecule has 0 amide bonds. The summed E-state index contributed by atoms with van der Waals surface area (Å²) >= 11 is 5.76. The monoisotopic (exact) mass is 402 g/mol. The number of aldehydes is 1. The fourth-order valence-corrected chi connectivity index (χ4v) is 2.68. The summed E-state index contributed by atoms with van der Waals surface area (Å²) in [7, 11) is 0. The molecule has 0 bridgehead atoms. The maximum Gasteiger partial charge on any atom is 0.357 e. The van der Waals surface area contributed by atoms with E-state index in [-0.39, 0.29) is 29.2 Å². The molecule has 3 aromatic rings. The molecule has 0 unspecified atom stereocenters. The van der Waals surface area contributed by atoms with Crippen molar-refractivity contribution in [3.63, 3.8) is 0 Å².